The quantitative estimate of drug-likeness (QED) is 0.441. The van der Waals surface area contributed by atoms with E-state index >= 15 is 0 Å². The second-order valence-electron chi connectivity index (χ2n) is 6.20. The fraction of sp³-hybridized carbons (Fsp3) is 0.0952. The summed E-state index contributed by atoms with van der Waals surface area (Å²) in [6.07, 6.45) is 0.0109. The van der Waals surface area contributed by atoms with Gasteiger partial charge >= 0.3 is 0 Å². The van der Waals surface area contributed by atoms with Crippen LogP contribution in [0.25, 0.3) is 10.8 Å². The molecule has 0 bridgehead atoms. The first-order valence-corrected chi connectivity index (χ1v) is 9.25. The highest BCUT2D eigenvalue weighted by molar-refractivity contribution is 6.36. The number of halogens is 2. The van der Waals surface area contributed by atoms with Gasteiger partial charge in [-0.3, -0.25) is 9.59 Å². The number of hydrogen-bond acceptors (Lipinski definition) is 3. The van der Waals surface area contributed by atoms with Crippen LogP contribution in [0.2, 0.25) is 10.0 Å². The van der Waals surface area contributed by atoms with Crippen molar-refractivity contribution in [3.63, 3.8) is 0 Å². The van der Waals surface area contributed by atoms with Crippen molar-refractivity contribution in [1.29, 1.82) is 0 Å². The standard InChI is InChI=1S/C21H17Cl2N3O2/c1-13(10-20(27)24-19-9-8-17(22)12-18(19)23)25-26-21(28)16-7-6-14-4-2-3-5-15(14)11-16/h2-9,11-12H,10H2,1H3,(H,24,27)(H,26,28)/b25-13+. The molecule has 28 heavy (non-hydrogen) atoms. The molecule has 0 aliphatic heterocycles. The Morgan fingerprint density at radius 1 is 0.964 bits per heavy atom. The molecule has 0 spiro atoms. The molecule has 0 unspecified atom stereocenters. The van der Waals surface area contributed by atoms with Gasteiger partial charge in [-0.2, -0.15) is 5.10 Å². The first-order chi connectivity index (χ1) is 13.4. The van der Waals surface area contributed by atoms with Crippen LogP contribution in [0.1, 0.15) is 23.7 Å². The van der Waals surface area contributed by atoms with E-state index in [0.29, 0.717) is 27.0 Å². The summed E-state index contributed by atoms with van der Waals surface area (Å²) in [6, 6.07) is 18.0. The lowest BCUT2D eigenvalue weighted by atomic mass is 10.1. The molecule has 0 radical (unpaired) electrons. The molecule has 3 aromatic carbocycles. The number of nitrogens with one attached hydrogen (secondary N) is 2. The first kappa shape index (κ1) is 19.9. The highest BCUT2D eigenvalue weighted by Gasteiger charge is 2.09. The summed E-state index contributed by atoms with van der Waals surface area (Å²) in [5, 5.41) is 9.54. The molecule has 0 aromatic heterocycles. The lowest BCUT2D eigenvalue weighted by molar-refractivity contribution is -0.115. The van der Waals surface area contributed by atoms with Gasteiger partial charge in [0.1, 0.15) is 0 Å². The van der Waals surface area contributed by atoms with Crippen molar-refractivity contribution in [2.45, 2.75) is 13.3 Å². The van der Waals surface area contributed by atoms with Gasteiger partial charge in [-0.1, -0.05) is 53.5 Å². The molecule has 3 aromatic rings. The van der Waals surface area contributed by atoms with Crippen molar-refractivity contribution in [1.82, 2.24) is 5.43 Å². The molecule has 2 amide bonds. The summed E-state index contributed by atoms with van der Waals surface area (Å²) >= 11 is 11.9. The van der Waals surface area contributed by atoms with Crippen molar-refractivity contribution in [2.24, 2.45) is 5.10 Å². The van der Waals surface area contributed by atoms with Crippen LogP contribution in [0.15, 0.2) is 65.8 Å². The van der Waals surface area contributed by atoms with Gasteiger partial charge in [0.25, 0.3) is 5.91 Å². The summed E-state index contributed by atoms with van der Waals surface area (Å²) in [5.74, 6) is -0.642. The third-order valence-electron chi connectivity index (χ3n) is 3.98. The van der Waals surface area contributed by atoms with Gasteiger partial charge in [-0.05, 0) is 48.0 Å². The lowest BCUT2D eigenvalue weighted by Crippen LogP contribution is -2.21. The summed E-state index contributed by atoms with van der Waals surface area (Å²) in [4.78, 5) is 24.4. The SMILES string of the molecule is C/C(CC(=O)Nc1ccc(Cl)cc1Cl)=N\NC(=O)c1ccc2ccccc2c1. The monoisotopic (exact) mass is 413 g/mol. The van der Waals surface area contributed by atoms with Crippen LogP contribution >= 0.6 is 23.2 Å². The van der Waals surface area contributed by atoms with Gasteiger partial charge in [0, 0.05) is 16.3 Å². The largest absolute Gasteiger partial charge is 0.324 e. The molecular weight excluding hydrogens is 397 g/mol. The van der Waals surface area contributed by atoms with Crippen molar-refractivity contribution >= 4 is 57.2 Å². The number of nitrogens with zero attached hydrogens (tertiary/aromatic N) is 1. The van der Waals surface area contributed by atoms with Crippen LogP contribution in [0.4, 0.5) is 5.69 Å². The second-order valence-corrected chi connectivity index (χ2v) is 7.04. The van der Waals surface area contributed by atoms with Crippen molar-refractivity contribution in [2.75, 3.05) is 5.32 Å². The highest BCUT2D eigenvalue weighted by Crippen LogP contribution is 2.25. The van der Waals surface area contributed by atoms with E-state index < -0.39 is 0 Å². The number of carbonyl (C=O) groups excluding carboxylic acids is 2. The molecule has 0 aliphatic rings. The van der Waals surface area contributed by atoms with Crippen molar-refractivity contribution in [3.05, 3.63) is 76.3 Å². The smallest absolute Gasteiger partial charge is 0.271 e. The average molecular weight is 414 g/mol. The third kappa shape index (κ3) is 5.09. The Kier molecular flexibility index (Phi) is 6.29. The molecule has 0 aliphatic carbocycles. The van der Waals surface area contributed by atoms with E-state index in [-0.39, 0.29) is 18.2 Å². The maximum absolute atomic E-state index is 12.3. The number of carbonyl (C=O) groups is 2. The van der Waals surface area contributed by atoms with E-state index in [9.17, 15) is 9.59 Å². The van der Waals surface area contributed by atoms with Gasteiger partial charge in [-0.25, -0.2) is 5.43 Å². The van der Waals surface area contributed by atoms with Crippen molar-refractivity contribution in [3.8, 4) is 0 Å². The van der Waals surface area contributed by atoms with Crippen LogP contribution in [0.3, 0.4) is 0 Å². The molecule has 2 N–H and O–H groups in total. The minimum atomic E-state index is -0.341. The fourth-order valence-corrected chi connectivity index (χ4v) is 3.05. The van der Waals surface area contributed by atoms with Gasteiger partial charge in [0.15, 0.2) is 0 Å². The summed E-state index contributed by atoms with van der Waals surface area (Å²) in [5.41, 5.74) is 3.89. The van der Waals surface area contributed by atoms with E-state index in [0.717, 1.165) is 10.8 Å². The molecule has 0 atom stereocenters. The van der Waals surface area contributed by atoms with Gasteiger partial charge in [0.2, 0.25) is 5.91 Å². The molecule has 7 heteroatoms. The number of amides is 2. The maximum Gasteiger partial charge on any atom is 0.271 e. The Hall–Kier alpha value is -2.89. The van der Waals surface area contributed by atoms with Crippen LogP contribution < -0.4 is 10.7 Å². The topological polar surface area (TPSA) is 70.6 Å². The Bertz CT molecular complexity index is 1080. The number of hydrazone groups is 1. The molecule has 3 rings (SSSR count). The average Bonchev–Trinajstić information content (AvgIpc) is 2.68. The van der Waals surface area contributed by atoms with E-state index in [4.69, 9.17) is 23.2 Å². The summed E-state index contributed by atoms with van der Waals surface area (Å²) in [7, 11) is 0. The minimum absolute atomic E-state index is 0.0109. The first-order valence-electron chi connectivity index (χ1n) is 8.49. The predicted octanol–water partition coefficient (Wildman–Crippen LogP) is 5.28. The molecular formula is C21H17Cl2N3O2. The Morgan fingerprint density at radius 3 is 2.46 bits per heavy atom. The number of benzene rings is 3. The van der Waals surface area contributed by atoms with E-state index in [1.54, 1.807) is 37.3 Å². The number of hydrogen-bond donors (Lipinski definition) is 2. The van der Waals surface area contributed by atoms with E-state index in [2.05, 4.69) is 15.8 Å². The predicted molar refractivity (Wildman–Crippen MR) is 114 cm³/mol. The zero-order valence-electron chi connectivity index (χ0n) is 15.0. The molecule has 5 nitrogen and oxygen atoms in total. The molecule has 0 saturated carbocycles. The van der Waals surface area contributed by atoms with Crippen LogP contribution in [-0.4, -0.2) is 17.5 Å². The zero-order valence-corrected chi connectivity index (χ0v) is 16.5. The molecule has 0 heterocycles. The number of rotatable bonds is 5. The molecule has 0 saturated heterocycles. The van der Waals surface area contributed by atoms with Crippen LogP contribution in [-0.2, 0) is 4.79 Å². The van der Waals surface area contributed by atoms with Gasteiger partial charge < -0.3 is 5.32 Å². The van der Waals surface area contributed by atoms with E-state index in [1.165, 1.54) is 0 Å². The van der Waals surface area contributed by atoms with E-state index in [1.807, 2.05) is 30.3 Å². The van der Waals surface area contributed by atoms with Gasteiger partial charge in [-0.15, -0.1) is 0 Å². The minimum Gasteiger partial charge on any atom is -0.324 e. The third-order valence-corrected chi connectivity index (χ3v) is 4.53. The maximum atomic E-state index is 12.3. The Balaban J connectivity index is 1.59. The normalized spacial score (nSPS) is 11.3. The van der Waals surface area contributed by atoms with Crippen LogP contribution in [0.5, 0.6) is 0 Å². The second kappa shape index (κ2) is 8.87. The van der Waals surface area contributed by atoms with Crippen LogP contribution in [0, 0.1) is 0 Å². The molecule has 142 valence electrons. The zero-order chi connectivity index (χ0) is 20.1. The Morgan fingerprint density at radius 2 is 1.71 bits per heavy atom. The summed E-state index contributed by atoms with van der Waals surface area (Å²) < 4.78 is 0. The summed E-state index contributed by atoms with van der Waals surface area (Å²) in [6.45, 7) is 1.66. The number of fused-ring (bicyclic) bond motifs is 1. The fourth-order valence-electron chi connectivity index (χ4n) is 2.60. The molecule has 0 fully saturated rings. The van der Waals surface area contributed by atoms with Crippen molar-refractivity contribution < 1.29 is 9.59 Å². The van der Waals surface area contributed by atoms with Gasteiger partial charge in [0.05, 0.1) is 17.1 Å². The highest BCUT2D eigenvalue weighted by atomic mass is 35.5. The lowest BCUT2D eigenvalue weighted by Gasteiger charge is -2.08. The number of anilines is 1. The Labute approximate surface area is 172 Å².